The molecular weight excluding hydrogens is 1750 g/mol. The monoisotopic (exact) mass is 1870 g/mol. The van der Waals surface area contributed by atoms with Crippen LogP contribution < -0.4 is 67.2 Å². The van der Waals surface area contributed by atoms with Crippen LogP contribution in [0.15, 0.2) is 231 Å². The summed E-state index contributed by atoms with van der Waals surface area (Å²) in [5, 5.41) is 3.31. The van der Waals surface area contributed by atoms with Gasteiger partial charge in [-0.25, -0.2) is 0 Å². The molecule has 29 heteroatoms. The average Bonchev–Trinajstić information content (AvgIpc) is 1.65. The number of fused-ring (bicyclic) bond motifs is 4. The molecule has 2 fully saturated rings. The second-order valence-electron chi connectivity index (χ2n) is 34.5. The maximum absolute atomic E-state index is 13.7. The molecule has 1 unspecified atom stereocenters. The van der Waals surface area contributed by atoms with Crippen molar-refractivity contribution in [3.63, 3.8) is 0 Å². The normalized spacial score (nSPS) is 15.7. The number of methoxy groups -OCH3 is 9. The molecule has 6 aliphatic rings. The van der Waals surface area contributed by atoms with Gasteiger partial charge in [-0.3, -0.25) is 72.7 Å². The van der Waals surface area contributed by atoms with Crippen molar-refractivity contribution in [2.24, 2.45) is 0 Å². The lowest BCUT2D eigenvalue weighted by Gasteiger charge is -2.48. The number of carbonyl (C=O) groups excluding carboxylic acids is 8. The molecule has 3 atom stereocenters. The second-order valence-corrected chi connectivity index (χ2v) is 34.5. The predicted molar refractivity (Wildman–Crippen MR) is 526 cm³/mol. The van der Waals surface area contributed by atoms with E-state index in [0.717, 1.165) is 80.4 Å². The number of anilines is 2. The largest absolute Gasteiger partial charge is 0.493 e. The van der Waals surface area contributed by atoms with E-state index in [0.29, 0.717) is 146 Å². The Labute approximate surface area is 806 Å². The average molecular weight is 1870 g/mol. The lowest BCUT2D eigenvalue weighted by molar-refractivity contribution is 0.0625. The first-order valence-electron chi connectivity index (χ1n) is 46.0. The van der Waals surface area contributed by atoms with Gasteiger partial charge in [0.25, 0.3) is 47.3 Å². The summed E-state index contributed by atoms with van der Waals surface area (Å²) in [7, 11) is 16.0. The summed E-state index contributed by atoms with van der Waals surface area (Å²) in [5.41, 5.74) is 11.7. The molecule has 0 radical (unpaired) electrons. The van der Waals surface area contributed by atoms with Crippen LogP contribution in [0.4, 0.5) is 11.4 Å². The molecule has 1 N–H and O–H groups in total. The third kappa shape index (κ3) is 22.0. The van der Waals surface area contributed by atoms with Gasteiger partial charge in [0.15, 0.2) is 46.0 Å². The van der Waals surface area contributed by atoms with Gasteiger partial charge in [0, 0.05) is 89.6 Å². The molecule has 11 aromatic carbocycles. The molecule has 17 rings (SSSR count). The van der Waals surface area contributed by atoms with Gasteiger partial charge in [-0.15, -0.1) is 0 Å². The van der Waals surface area contributed by atoms with Gasteiger partial charge in [-0.1, -0.05) is 133 Å². The van der Waals surface area contributed by atoms with Gasteiger partial charge in [0.05, 0.1) is 146 Å². The van der Waals surface area contributed by atoms with Crippen molar-refractivity contribution in [3.05, 3.63) is 314 Å². The third-order valence-electron chi connectivity index (χ3n) is 25.5. The minimum absolute atomic E-state index is 0.115. The Morgan fingerprint density at radius 1 is 0.341 bits per heavy atom. The smallest absolute Gasteiger partial charge is 0.265 e. The predicted octanol–water partition coefficient (Wildman–Crippen LogP) is 15.9. The molecule has 8 amide bonds. The van der Waals surface area contributed by atoms with Gasteiger partial charge < -0.3 is 67.2 Å². The highest BCUT2D eigenvalue weighted by Gasteiger charge is 2.45. The highest BCUT2D eigenvalue weighted by molar-refractivity contribution is 6.26. The van der Waals surface area contributed by atoms with Crippen molar-refractivity contribution in [2.75, 3.05) is 146 Å². The van der Waals surface area contributed by atoms with Crippen molar-refractivity contribution < 1.29 is 90.5 Å². The first-order chi connectivity index (χ1) is 66.9. The minimum atomic E-state index is -0.363. The first-order valence-corrected chi connectivity index (χ1v) is 46.0. The van der Waals surface area contributed by atoms with Gasteiger partial charge in [-0.05, 0) is 178 Å². The number of rotatable bonds is 34. The van der Waals surface area contributed by atoms with Crippen molar-refractivity contribution in [2.45, 2.75) is 98.1 Å². The van der Waals surface area contributed by atoms with E-state index in [1.54, 1.807) is 146 Å². The Morgan fingerprint density at radius 3 is 1.11 bits per heavy atom. The fourth-order valence-electron chi connectivity index (χ4n) is 18.5. The molecule has 138 heavy (non-hydrogen) atoms. The summed E-state index contributed by atoms with van der Waals surface area (Å²) < 4.78 is 60.0. The van der Waals surface area contributed by atoms with E-state index in [2.05, 4.69) is 113 Å². The number of hydrogen-bond acceptors (Lipinski definition) is 25. The Bertz CT molecular complexity index is 6180. The highest BCUT2D eigenvalue weighted by Crippen LogP contribution is 2.44. The summed E-state index contributed by atoms with van der Waals surface area (Å²) in [6.07, 6.45) is 0. The Morgan fingerprint density at radius 2 is 0.703 bits per heavy atom. The summed E-state index contributed by atoms with van der Waals surface area (Å²) in [6, 6.07) is 73.2. The molecule has 0 bridgehead atoms. The number of nitrogens with zero attached hydrogens (tertiary/aromatic N) is 9. The molecule has 29 nitrogen and oxygen atoms in total. The number of amides is 8. The van der Waals surface area contributed by atoms with Crippen LogP contribution >= 0.6 is 0 Å². The number of ether oxygens (including phenoxy) is 11. The molecule has 6 heterocycles. The van der Waals surface area contributed by atoms with Crippen LogP contribution in [0.1, 0.15) is 162 Å². The number of benzene rings is 11. The Balaban J connectivity index is 0.000000147. The number of piperazine rings is 2. The second kappa shape index (κ2) is 45.7. The lowest BCUT2D eigenvalue weighted by atomic mass is 9.98. The molecular formula is C109H120N10O19. The first kappa shape index (κ1) is 99.2. The van der Waals surface area contributed by atoms with E-state index >= 15 is 0 Å². The Kier molecular flexibility index (Phi) is 32.9. The molecule has 6 aliphatic heterocycles. The molecule has 2 saturated heterocycles. The van der Waals surface area contributed by atoms with E-state index in [1.165, 1.54) is 57.6 Å². The van der Waals surface area contributed by atoms with E-state index in [-0.39, 0.29) is 91.6 Å². The summed E-state index contributed by atoms with van der Waals surface area (Å²) in [6.45, 7) is 20.3. The molecule has 720 valence electrons. The number of imide groups is 4. The van der Waals surface area contributed by atoms with Crippen molar-refractivity contribution in [3.8, 4) is 63.2 Å². The number of nitrogens with one attached hydrogen (secondary N) is 1. The summed E-state index contributed by atoms with van der Waals surface area (Å²) in [5.74, 6) is 3.22. The van der Waals surface area contributed by atoms with Crippen molar-refractivity contribution >= 4 is 58.6 Å². The SMILES string of the molecule is COc1cc(CN2C(=O)c3cccc(N4CCN(C(C)C)CC4)c3C2=O)cc(OC)c1OC.COc1ccc(CN2C(=O)c3cccc(N4C[C@@H](C)N(C(C)c5ccccc5)[C@@H](C)C4)c3C2=O)cc1OC.COc1ccc(CN2C(=O)c3cccc(OCCN(C)Cc4ccccc4)c3C2=O)cc1OC.COc1ccc(CN2C(=O)c3cccc(OCCNCc4ccccc4)c3C2=O)cc1OC. The van der Waals surface area contributed by atoms with E-state index in [4.69, 9.17) is 52.1 Å². The maximum atomic E-state index is 13.7. The molecule has 0 saturated carbocycles. The standard InChI is InChI=1S/C31H35N3O4.C27H28N2O5.C26H26N2O5.C25H31N3O5/c1-20-17-32(18-21(2)34(20)22(3)24-10-7-6-8-11-24)26-13-9-12-25-29(26)31(36)33(30(25)35)19-23-14-15-27(37-4)28(16-23)38-5;1-28(17-19-8-5-4-6-9-19)14-15-34-23-11-7-10-21-25(23)27(31)29(26(21)30)18-20-12-13-22(32-2)24(16-20)33-3;1-31-21-12-11-19(15-23(21)32-2)17-28-25(29)20-9-6-10-22(24(20)26(28)30)33-14-13-27-16-18-7-4-3-5-8-18;1-16(2)26-9-11-27(12-10-26)19-8-6-7-18-22(19)25(30)28(24(18)29)15-17-13-20(31-3)23(33-5)21(14-17)32-4/h6-16,20-22H,17-19H2,1-5H3;4-13,16H,14-15,17-18H2,1-3H3;3-12,15,27H,13-14,16-17H2,1-2H3;6-8,13-14,16H,9-12,15H2,1-5H3/t20-,21+,22?;;;. The van der Waals surface area contributed by atoms with Crippen LogP contribution in [0.3, 0.4) is 0 Å². The van der Waals surface area contributed by atoms with E-state index in [1.807, 2.05) is 85.9 Å². The zero-order chi connectivity index (χ0) is 98.0. The number of carbonyl (C=O) groups is 8. The zero-order valence-electron chi connectivity index (χ0n) is 80.8. The lowest BCUT2D eigenvalue weighted by Crippen LogP contribution is -2.57. The van der Waals surface area contributed by atoms with Gasteiger partial charge >= 0.3 is 0 Å². The maximum Gasteiger partial charge on any atom is 0.265 e. The van der Waals surface area contributed by atoms with Crippen LogP contribution in [0.2, 0.25) is 0 Å². The van der Waals surface area contributed by atoms with Crippen LogP contribution in [0.25, 0.3) is 0 Å². The van der Waals surface area contributed by atoms with Crippen LogP contribution in [-0.4, -0.2) is 236 Å². The number of hydrogen-bond donors (Lipinski definition) is 1. The zero-order valence-corrected chi connectivity index (χ0v) is 80.8. The van der Waals surface area contributed by atoms with Crippen LogP contribution in [0.5, 0.6) is 63.2 Å². The van der Waals surface area contributed by atoms with E-state index < -0.39 is 0 Å². The van der Waals surface area contributed by atoms with Crippen LogP contribution in [-0.2, 0) is 39.3 Å². The molecule has 11 aromatic rings. The highest BCUT2D eigenvalue weighted by atomic mass is 16.5. The molecule has 0 spiro atoms. The van der Waals surface area contributed by atoms with Gasteiger partial charge in [-0.2, -0.15) is 0 Å². The van der Waals surface area contributed by atoms with E-state index in [9.17, 15) is 38.4 Å². The fraction of sp³-hybridized carbons (Fsp3) is 0.321. The number of likely N-dealkylation sites (N-methyl/N-ethyl adjacent to an activating group) is 1. The summed E-state index contributed by atoms with van der Waals surface area (Å²) in [4.78, 5) is 123. The van der Waals surface area contributed by atoms with Crippen molar-refractivity contribution in [1.82, 2.24) is 39.6 Å². The summed E-state index contributed by atoms with van der Waals surface area (Å²) >= 11 is 0. The van der Waals surface area contributed by atoms with Gasteiger partial charge in [0.2, 0.25) is 5.75 Å². The third-order valence-corrected chi connectivity index (χ3v) is 25.5. The quantitative estimate of drug-likeness (QED) is 0.0290. The topological polar surface area (TPSA) is 279 Å². The van der Waals surface area contributed by atoms with Gasteiger partial charge in [0.1, 0.15) is 24.7 Å². The minimum Gasteiger partial charge on any atom is -0.493 e. The fourth-order valence-corrected chi connectivity index (χ4v) is 18.5. The van der Waals surface area contributed by atoms with Crippen LogP contribution in [0, 0.1) is 0 Å². The van der Waals surface area contributed by atoms with Crippen molar-refractivity contribution in [1.29, 1.82) is 0 Å². The molecule has 0 aromatic heterocycles. The Hall–Kier alpha value is -14.8. The molecule has 0 aliphatic carbocycles.